The first-order chi connectivity index (χ1) is 11.5. The maximum Gasteiger partial charge on any atom is 0.190 e. The fraction of sp³-hybridized carbons (Fsp3) is 0.591. The van der Waals surface area contributed by atoms with Crippen LogP contribution in [0.2, 0.25) is 0 Å². The molecule has 0 aliphatic heterocycles. The number of nitrogens with zero attached hydrogens (tertiary/aromatic N) is 1. The molecule has 1 rings (SSSR count). The van der Waals surface area contributed by atoms with Gasteiger partial charge in [-0.15, -0.1) is 0 Å². The first-order valence-electron chi connectivity index (χ1n) is 9.49. The first-order valence-corrected chi connectivity index (χ1v) is 9.49. The summed E-state index contributed by atoms with van der Waals surface area (Å²) in [5.41, 5.74) is 2.93. The largest absolute Gasteiger partial charge is 0.383 e. The van der Waals surface area contributed by atoms with Crippen molar-refractivity contribution < 1.29 is 4.79 Å². The molecule has 2 nitrogen and oxygen atoms in total. The number of ketones is 1. The van der Waals surface area contributed by atoms with Gasteiger partial charge in [0.25, 0.3) is 0 Å². The summed E-state index contributed by atoms with van der Waals surface area (Å²) >= 11 is 0. The second-order valence-corrected chi connectivity index (χ2v) is 6.34. The van der Waals surface area contributed by atoms with Crippen molar-refractivity contribution in [2.24, 2.45) is 5.92 Å². The quantitative estimate of drug-likeness (QED) is 0.302. The van der Waals surface area contributed by atoms with Crippen LogP contribution in [0.25, 0.3) is 0 Å². The third-order valence-electron chi connectivity index (χ3n) is 4.06. The molecule has 0 saturated carbocycles. The molecule has 1 aromatic rings. The monoisotopic (exact) mass is 331 g/mol. The van der Waals surface area contributed by atoms with Crippen molar-refractivity contribution in [1.29, 1.82) is 0 Å². The number of aryl methyl sites for hydroxylation is 1. The average molecular weight is 332 g/mol. The second kappa shape index (κ2) is 12.8. The Hall–Kier alpha value is -1.57. The molecule has 0 saturated heterocycles. The van der Waals surface area contributed by atoms with Gasteiger partial charge in [-0.05, 0) is 25.7 Å². The van der Waals surface area contributed by atoms with Crippen molar-refractivity contribution >= 4 is 5.78 Å². The van der Waals surface area contributed by atoms with Crippen molar-refractivity contribution in [2.45, 2.75) is 66.7 Å². The van der Waals surface area contributed by atoms with E-state index in [2.05, 4.69) is 13.8 Å². The third kappa shape index (κ3) is 7.81. The zero-order chi connectivity index (χ0) is 18.5. The van der Waals surface area contributed by atoms with E-state index in [4.69, 9.17) is 0 Å². The SMILES string of the molecule is CC.CCCCCC(CC)/C(=C/N(C)C)C(=O)c1ccc(C)cc1. The van der Waals surface area contributed by atoms with Crippen LogP contribution in [0.3, 0.4) is 0 Å². The number of rotatable bonds is 9. The highest BCUT2D eigenvalue weighted by atomic mass is 16.1. The molecular weight excluding hydrogens is 294 g/mol. The van der Waals surface area contributed by atoms with E-state index in [-0.39, 0.29) is 5.78 Å². The van der Waals surface area contributed by atoms with E-state index in [1.807, 2.05) is 70.2 Å². The van der Waals surface area contributed by atoms with Crippen LogP contribution in [0.1, 0.15) is 75.7 Å². The molecule has 0 N–H and O–H groups in total. The van der Waals surface area contributed by atoms with Crippen LogP contribution in [0.15, 0.2) is 36.0 Å². The van der Waals surface area contributed by atoms with Crippen molar-refractivity contribution in [2.75, 3.05) is 14.1 Å². The van der Waals surface area contributed by atoms with Gasteiger partial charge in [0.05, 0.1) is 0 Å². The molecule has 136 valence electrons. The predicted octanol–water partition coefficient (Wildman–Crippen LogP) is 6.26. The van der Waals surface area contributed by atoms with E-state index in [1.165, 1.54) is 24.8 Å². The lowest BCUT2D eigenvalue weighted by Crippen LogP contribution is -2.17. The zero-order valence-electron chi connectivity index (χ0n) is 16.9. The van der Waals surface area contributed by atoms with Gasteiger partial charge in [0.1, 0.15) is 0 Å². The van der Waals surface area contributed by atoms with Gasteiger partial charge >= 0.3 is 0 Å². The highest BCUT2D eigenvalue weighted by molar-refractivity contribution is 6.08. The van der Waals surface area contributed by atoms with Crippen LogP contribution >= 0.6 is 0 Å². The smallest absolute Gasteiger partial charge is 0.190 e. The number of hydrogen-bond acceptors (Lipinski definition) is 2. The lowest BCUT2D eigenvalue weighted by Gasteiger charge is -2.20. The summed E-state index contributed by atoms with van der Waals surface area (Å²) in [7, 11) is 3.97. The van der Waals surface area contributed by atoms with E-state index in [0.29, 0.717) is 5.92 Å². The number of carbonyl (C=O) groups excluding carboxylic acids is 1. The van der Waals surface area contributed by atoms with E-state index in [9.17, 15) is 4.79 Å². The topological polar surface area (TPSA) is 20.3 Å². The van der Waals surface area contributed by atoms with Crippen molar-refractivity contribution in [1.82, 2.24) is 4.90 Å². The first kappa shape index (κ1) is 22.4. The molecule has 1 atom stereocenters. The van der Waals surface area contributed by atoms with Gasteiger partial charge < -0.3 is 4.90 Å². The van der Waals surface area contributed by atoms with E-state index in [0.717, 1.165) is 24.0 Å². The zero-order valence-corrected chi connectivity index (χ0v) is 16.9. The Balaban J connectivity index is 0.00000254. The standard InChI is InChI=1S/C20H31NO.C2H6/c1-6-8-9-10-17(7-2)19(15-21(4)5)20(22)18-13-11-16(3)12-14-18;1-2/h11-15,17H,6-10H2,1-5H3;1-2H3/b19-15-;. The average Bonchev–Trinajstić information content (AvgIpc) is 2.59. The molecule has 0 aromatic heterocycles. The van der Waals surface area contributed by atoms with Gasteiger partial charge in [-0.25, -0.2) is 0 Å². The van der Waals surface area contributed by atoms with Crippen LogP contribution in [-0.2, 0) is 0 Å². The Morgan fingerprint density at radius 3 is 2.12 bits per heavy atom. The van der Waals surface area contributed by atoms with Crippen molar-refractivity contribution in [3.05, 3.63) is 47.2 Å². The minimum atomic E-state index is 0.178. The second-order valence-electron chi connectivity index (χ2n) is 6.34. The minimum absolute atomic E-state index is 0.178. The summed E-state index contributed by atoms with van der Waals surface area (Å²) in [4.78, 5) is 14.9. The molecule has 2 heteroatoms. The molecule has 0 bridgehead atoms. The number of hydrogen-bond donors (Lipinski definition) is 0. The normalized spacial score (nSPS) is 12.2. The molecule has 0 aliphatic rings. The molecule has 1 aromatic carbocycles. The van der Waals surface area contributed by atoms with E-state index < -0.39 is 0 Å². The Morgan fingerprint density at radius 1 is 1.08 bits per heavy atom. The van der Waals surface area contributed by atoms with Gasteiger partial charge in [0.15, 0.2) is 5.78 Å². The van der Waals surface area contributed by atoms with Crippen LogP contribution in [0, 0.1) is 12.8 Å². The Morgan fingerprint density at radius 2 is 1.67 bits per heavy atom. The fourth-order valence-corrected chi connectivity index (χ4v) is 2.72. The van der Waals surface area contributed by atoms with Crippen LogP contribution in [0.4, 0.5) is 0 Å². The summed E-state index contributed by atoms with van der Waals surface area (Å²) in [6.07, 6.45) is 7.78. The highest BCUT2D eigenvalue weighted by Crippen LogP contribution is 2.26. The van der Waals surface area contributed by atoms with Gasteiger partial charge in [0.2, 0.25) is 0 Å². The molecule has 0 heterocycles. The van der Waals surface area contributed by atoms with Crippen LogP contribution in [0.5, 0.6) is 0 Å². The molecule has 24 heavy (non-hydrogen) atoms. The summed E-state index contributed by atoms with van der Waals surface area (Å²) in [6.45, 7) is 10.4. The summed E-state index contributed by atoms with van der Waals surface area (Å²) in [5.74, 6) is 0.528. The summed E-state index contributed by atoms with van der Waals surface area (Å²) in [6, 6.07) is 7.91. The van der Waals surface area contributed by atoms with Crippen LogP contribution in [-0.4, -0.2) is 24.8 Å². The summed E-state index contributed by atoms with van der Waals surface area (Å²) < 4.78 is 0. The van der Waals surface area contributed by atoms with Crippen LogP contribution < -0.4 is 0 Å². The molecular formula is C22H37NO. The number of unbranched alkanes of at least 4 members (excludes halogenated alkanes) is 2. The molecule has 0 spiro atoms. The maximum atomic E-state index is 12.9. The van der Waals surface area contributed by atoms with E-state index >= 15 is 0 Å². The predicted molar refractivity (Wildman–Crippen MR) is 107 cm³/mol. The third-order valence-corrected chi connectivity index (χ3v) is 4.06. The molecule has 0 amide bonds. The van der Waals surface area contributed by atoms with Gasteiger partial charge in [-0.2, -0.15) is 0 Å². The maximum absolute atomic E-state index is 12.9. The molecule has 0 fully saturated rings. The number of allylic oxidation sites excluding steroid dienone is 1. The molecule has 0 radical (unpaired) electrons. The lowest BCUT2D eigenvalue weighted by atomic mass is 9.86. The number of benzene rings is 1. The fourth-order valence-electron chi connectivity index (χ4n) is 2.72. The Bertz CT molecular complexity index is 485. The number of Topliss-reactive ketones (excluding diaryl/α,β-unsaturated/α-hetero) is 1. The van der Waals surface area contributed by atoms with Gasteiger partial charge in [-0.1, -0.05) is 76.8 Å². The minimum Gasteiger partial charge on any atom is -0.383 e. The molecule has 1 unspecified atom stereocenters. The van der Waals surface area contributed by atoms with Gasteiger partial charge in [-0.3, -0.25) is 4.79 Å². The lowest BCUT2D eigenvalue weighted by molar-refractivity contribution is 0.101. The molecule has 0 aliphatic carbocycles. The Labute approximate surface area is 150 Å². The van der Waals surface area contributed by atoms with Crippen molar-refractivity contribution in [3.63, 3.8) is 0 Å². The van der Waals surface area contributed by atoms with Gasteiger partial charge in [0, 0.05) is 31.4 Å². The Kier molecular flexibility index (Phi) is 12.0. The van der Waals surface area contributed by atoms with E-state index in [1.54, 1.807) is 0 Å². The summed E-state index contributed by atoms with van der Waals surface area (Å²) in [5, 5.41) is 0. The van der Waals surface area contributed by atoms with Crippen molar-refractivity contribution in [3.8, 4) is 0 Å². The highest BCUT2D eigenvalue weighted by Gasteiger charge is 2.21. The number of carbonyl (C=O) groups is 1.